The number of hydrogen-bond acceptors (Lipinski definition) is 4. The summed E-state index contributed by atoms with van der Waals surface area (Å²) in [4.78, 5) is 25.7. The van der Waals surface area contributed by atoms with Gasteiger partial charge in [-0.25, -0.2) is 12.7 Å². The van der Waals surface area contributed by atoms with Crippen LogP contribution in [0.5, 0.6) is 0 Å². The van der Waals surface area contributed by atoms with Gasteiger partial charge in [0.25, 0.3) is 5.91 Å². The van der Waals surface area contributed by atoms with Crippen LogP contribution in [0.1, 0.15) is 48.0 Å². The summed E-state index contributed by atoms with van der Waals surface area (Å²) in [5, 5.41) is 2.92. The molecule has 8 heteroatoms. The first-order valence-corrected chi connectivity index (χ1v) is 12.3. The average molecular weight is 422 g/mol. The highest BCUT2D eigenvalue weighted by atomic mass is 32.2. The van der Waals surface area contributed by atoms with E-state index in [0.717, 1.165) is 38.6 Å². The molecule has 0 atom stereocenters. The van der Waals surface area contributed by atoms with E-state index < -0.39 is 10.0 Å². The van der Waals surface area contributed by atoms with Gasteiger partial charge in [0.1, 0.15) is 0 Å². The van der Waals surface area contributed by atoms with E-state index in [2.05, 4.69) is 5.32 Å². The van der Waals surface area contributed by atoms with Crippen molar-refractivity contribution in [3.8, 4) is 0 Å². The van der Waals surface area contributed by atoms with Crippen LogP contribution in [0.2, 0.25) is 0 Å². The Bertz CT molecular complexity index is 815. The second-order valence-electron chi connectivity index (χ2n) is 8.10. The molecule has 3 rings (SSSR count). The predicted molar refractivity (Wildman–Crippen MR) is 112 cm³/mol. The highest BCUT2D eigenvalue weighted by Gasteiger charge is 2.25. The van der Waals surface area contributed by atoms with Crippen molar-refractivity contribution in [3.63, 3.8) is 0 Å². The SMILES string of the molecule is CS(=O)(=O)N1CCC(Cc2ccc(C(=O)NCCCN3CCCC3=O)cc2)CC1. The minimum absolute atomic E-state index is 0.0919. The Hall–Kier alpha value is -1.93. The summed E-state index contributed by atoms with van der Waals surface area (Å²) in [5.41, 5.74) is 1.81. The lowest BCUT2D eigenvalue weighted by Gasteiger charge is -2.30. The van der Waals surface area contributed by atoms with E-state index in [9.17, 15) is 18.0 Å². The Morgan fingerprint density at radius 2 is 1.83 bits per heavy atom. The van der Waals surface area contributed by atoms with Gasteiger partial charge in [-0.3, -0.25) is 9.59 Å². The van der Waals surface area contributed by atoms with Crippen molar-refractivity contribution in [2.24, 2.45) is 5.92 Å². The number of rotatable bonds is 8. The maximum Gasteiger partial charge on any atom is 0.251 e. The van der Waals surface area contributed by atoms with Gasteiger partial charge in [0.05, 0.1) is 6.26 Å². The molecule has 0 aliphatic carbocycles. The van der Waals surface area contributed by atoms with Crippen molar-refractivity contribution < 1.29 is 18.0 Å². The molecular weight excluding hydrogens is 390 g/mol. The smallest absolute Gasteiger partial charge is 0.251 e. The van der Waals surface area contributed by atoms with Crippen LogP contribution in [0, 0.1) is 5.92 Å². The minimum Gasteiger partial charge on any atom is -0.352 e. The first-order valence-electron chi connectivity index (χ1n) is 10.4. The molecule has 2 aliphatic rings. The fourth-order valence-corrected chi connectivity index (χ4v) is 4.96. The first-order chi connectivity index (χ1) is 13.8. The van der Waals surface area contributed by atoms with Gasteiger partial charge in [0.2, 0.25) is 15.9 Å². The molecule has 1 aromatic rings. The summed E-state index contributed by atoms with van der Waals surface area (Å²) >= 11 is 0. The fraction of sp³-hybridized carbons (Fsp3) is 0.619. The highest BCUT2D eigenvalue weighted by molar-refractivity contribution is 7.88. The van der Waals surface area contributed by atoms with E-state index in [1.54, 1.807) is 4.31 Å². The normalized spacial score (nSPS) is 18.9. The summed E-state index contributed by atoms with van der Waals surface area (Å²) in [6.45, 7) is 3.28. The predicted octanol–water partition coefficient (Wildman–Crippen LogP) is 1.64. The van der Waals surface area contributed by atoms with Crippen LogP contribution in [0.15, 0.2) is 24.3 Å². The van der Waals surface area contributed by atoms with Crippen LogP contribution in [-0.4, -0.2) is 68.4 Å². The van der Waals surface area contributed by atoms with Gasteiger partial charge in [-0.2, -0.15) is 0 Å². The number of amides is 2. The molecule has 2 heterocycles. The molecule has 1 N–H and O–H groups in total. The Kier molecular flexibility index (Phi) is 7.29. The third-order valence-corrected chi connectivity index (χ3v) is 7.15. The molecule has 0 unspecified atom stereocenters. The van der Waals surface area contributed by atoms with Crippen molar-refractivity contribution in [1.82, 2.24) is 14.5 Å². The molecule has 2 saturated heterocycles. The van der Waals surface area contributed by atoms with E-state index in [1.807, 2.05) is 29.2 Å². The van der Waals surface area contributed by atoms with Crippen molar-refractivity contribution in [3.05, 3.63) is 35.4 Å². The summed E-state index contributed by atoms with van der Waals surface area (Å²) in [5.74, 6) is 0.598. The van der Waals surface area contributed by atoms with E-state index in [-0.39, 0.29) is 11.8 Å². The Morgan fingerprint density at radius 3 is 2.41 bits per heavy atom. The summed E-state index contributed by atoms with van der Waals surface area (Å²) < 4.78 is 24.7. The van der Waals surface area contributed by atoms with Crippen LogP contribution in [0.3, 0.4) is 0 Å². The maximum atomic E-state index is 12.3. The summed E-state index contributed by atoms with van der Waals surface area (Å²) in [6.07, 6.45) is 6.27. The molecule has 29 heavy (non-hydrogen) atoms. The largest absolute Gasteiger partial charge is 0.352 e. The van der Waals surface area contributed by atoms with Crippen molar-refractivity contribution >= 4 is 21.8 Å². The zero-order chi connectivity index (χ0) is 20.9. The quantitative estimate of drug-likeness (QED) is 0.647. The van der Waals surface area contributed by atoms with Crippen LogP contribution in [-0.2, 0) is 21.2 Å². The molecular formula is C21H31N3O4S. The van der Waals surface area contributed by atoms with Gasteiger partial charge < -0.3 is 10.2 Å². The molecule has 2 fully saturated rings. The first kappa shape index (κ1) is 21.8. The topological polar surface area (TPSA) is 86.8 Å². The lowest BCUT2D eigenvalue weighted by Crippen LogP contribution is -2.38. The number of nitrogens with zero attached hydrogens (tertiary/aromatic N) is 2. The van der Waals surface area contributed by atoms with Gasteiger partial charge in [-0.1, -0.05) is 12.1 Å². The molecule has 2 aliphatic heterocycles. The molecule has 1 aromatic carbocycles. The van der Waals surface area contributed by atoms with Crippen molar-refractivity contribution in [1.29, 1.82) is 0 Å². The molecule has 2 amide bonds. The summed E-state index contributed by atoms with van der Waals surface area (Å²) in [6, 6.07) is 7.67. The molecule has 0 bridgehead atoms. The fourth-order valence-electron chi connectivity index (χ4n) is 4.08. The van der Waals surface area contributed by atoms with E-state index in [4.69, 9.17) is 0 Å². The zero-order valence-electron chi connectivity index (χ0n) is 17.1. The molecule has 0 radical (unpaired) electrons. The third-order valence-electron chi connectivity index (χ3n) is 5.84. The van der Waals surface area contributed by atoms with Gasteiger partial charge in [-0.15, -0.1) is 0 Å². The number of carbonyl (C=O) groups excluding carboxylic acids is 2. The second-order valence-corrected chi connectivity index (χ2v) is 10.1. The van der Waals surface area contributed by atoms with Crippen LogP contribution >= 0.6 is 0 Å². The number of benzene rings is 1. The zero-order valence-corrected chi connectivity index (χ0v) is 17.9. The highest BCUT2D eigenvalue weighted by Crippen LogP contribution is 2.23. The molecule has 0 spiro atoms. The van der Waals surface area contributed by atoms with Crippen molar-refractivity contribution in [2.45, 2.75) is 38.5 Å². The monoisotopic (exact) mass is 421 g/mol. The second kappa shape index (κ2) is 9.71. The maximum absolute atomic E-state index is 12.3. The molecule has 0 saturated carbocycles. The average Bonchev–Trinajstić information content (AvgIpc) is 3.10. The Balaban J connectivity index is 1.39. The molecule has 0 aromatic heterocycles. The van der Waals surface area contributed by atoms with Gasteiger partial charge in [0.15, 0.2) is 0 Å². The number of sulfonamides is 1. The molecule has 160 valence electrons. The number of carbonyl (C=O) groups is 2. The number of likely N-dealkylation sites (tertiary alicyclic amines) is 1. The number of hydrogen-bond donors (Lipinski definition) is 1. The summed E-state index contributed by atoms with van der Waals surface area (Å²) in [7, 11) is -3.09. The van der Waals surface area contributed by atoms with Gasteiger partial charge in [0, 0.05) is 44.7 Å². The number of nitrogens with one attached hydrogen (secondary N) is 1. The van der Waals surface area contributed by atoms with Gasteiger partial charge >= 0.3 is 0 Å². The molecule has 7 nitrogen and oxygen atoms in total. The van der Waals surface area contributed by atoms with Crippen LogP contribution in [0.4, 0.5) is 0 Å². The van der Waals surface area contributed by atoms with Crippen molar-refractivity contribution in [2.75, 3.05) is 39.0 Å². The van der Waals surface area contributed by atoms with Crippen LogP contribution in [0.25, 0.3) is 0 Å². The minimum atomic E-state index is -3.09. The number of piperidine rings is 1. The Morgan fingerprint density at radius 1 is 1.14 bits per heavy atom. The van der Waals surface area contributed by atoms with E-state index in [0.29, 0.717) is 44.1 Å². The van der Waals surface area contributed by atoms with E-state index in [1.165, 1.54) is 11.8 Å². The van der Waals surface area contributed by atoms with Crippen LogP contribution < -0.4 is 5.32 Å². The van der Waals surface area contributed by atoms with Gasteiger partial charge in [-0.05, 0) is 55.7 Å². The Labute approximate surface area is 173 Å². The lowest BCUT2D eigenvalue weighted by atomic mass is 9.91. The standard InChI is InChI=1S/C21H31N3O4S/c1-29(27,28)24-14-9-18(10-15-24)16-17-5-7-19(8-6-17)21(26)22-11-3-13-23-12-2-4-20(23)25/h5-8,18H,2-4,9-16H2,1H3,(H,22,26). The lowest BCUT2D eigenvalue weighted by molar-refractivity contribution is -0.127. The van der Waals surface area contributed by atoms with E-state index >= 15 is 0 Å². The third kappa shape index (κ3) is 6.27.